The van der Waals surface area contributed by atoms with Crippen molar-refractivity contribution < 1.29 is 0 Å². The van der Waals surface area contributed by atoms with E-state index in [0.717, 1.165) is 13.1 Å². The maximum absolute atomic E-state index is 4.66. The highest BCUT2D eigenvalue weighted by Crippen LogP contribution is 2.39. The number of aromatic nitrogens is 1. The molecule has 1 aromatic rings. The predicted octanol–water partition coefficient (Wildman–Crippen LogP) is 4.12. The Bertz CT molecular complexity index is 494. The zero-order valence-corrected chi connectivity index (χ0v) is 15.6. The van der Waals surface area contributed by atoms with Crippen molar-refractivity contribution in [1.82, 2.24) is 14.8 Å². The van der Waals surface area contributed by atoms with E-state index in [9.17, 15) is 0 Å². The molecule has 2 heterocycles. The number of pyridine rings is 1. The van der Waals surface area contributed by atoms with E-state index in [2.05, 4.69) is 82.3 Å². The molecule has 0 aliphatic carbocycles. The Labute approximate surface area is 136 Å². The van der Waals surface area contributed by atoms with Crippen LogP contribution < -0.4 is 0 Å². The van der Waals surface area contributed by atoms with Crippen molar-refractivity contribution in [3.8, 4) is 0 Å². The van der Waals surface area contributed by atoms with Crippen molar-refractivity contribution in [2.24, 2.45) is 0 Å². The van der Waals surface area contributed by atoms with Crippen LogP contribution in [0.5, 0.6) is 0 Å². The number of nitrogens with zero attached hydrogens (tertiary/aromatic N) is 3. The van der Waals surface area contributed by atoms with Gasteiger partial charge in [-0.25, -0.2) is 0 Å². The van der Waals surface area contributed by atoms with Gasteiger partial charge < -0.3 is 0 Å². The van der Waals surface area contributed by atoms with E-state index in [1.165, 1.54) is 5.69 Å². The first-order chi connectivity index (χ1) is 9.93. The van der Waals surface area contributed by atoms with Gasteiger partial charge in [-0.1, -0.05) is 6.07 Å². The summed E-state index contributed by atoms with van der Waals surface area (Å²) in [6.07, 6.45) is 1.91. The number of hydrogen-bond acceptors (Lipinski definition) is 3. The van der Waals surface area contributed by atoms with E-state index in [-0.39, 0.29) is 16.6 Å². The summed E-state index contributed by atoms with van der Waals surface area (Å²) in [5.41, 5.74) is 1.61. The molecule has 0 aromatic carbocycles. The van der Waals surface area contributed by atoms with Crippen LogP contribution in [0.15, 0.2) is 24.4 Å². The van der Waals surface area contributed by atoms with Gasteiger partial charge >= 0.3 is 0 Å². The molecule has 124 valence electrons. The molecule has 3 nitrogen and oxygen atoms in total. The summed E-state index contributed by atoms with van der Waals surface area (Å²) >= 11 is 0. The third-order valence-corrected chi connectivity index (χ3v) is 4.72. The molecular weight excluding hydrogens is 270 g/mol. The maximum atomic E-state index is 4.66. The second-order valence-electron chi connectivity index (χ2n) is 9.16. The monoisotopic (exact) mass is 303 g/mol. The smallest absolute Gasteiger partial charge is 0.0654 e. The maximum Gasteiger partial charge on any atom is 0.0654 e. The number of piperazine rings is 1. The molecule has 1 aromatic heterocycles. The van der Waals surface area contributed by atoms with Gasteiger partial charge in [-0.3, -0.25) is 14.8 Å². The minimum atomic E-state index is 0.128. The zero-order chi connectivity index (χ0) is 16.8. The van der Waals surface area contributed by atoms with Crippen molar-refractivity contribution in [1.29, 1.82) is 0 Å². The summed E-state index contributed by atoms with van der Waals surface area (Å²) in [4.78, 5) is 9.93. The molecule has 1 fully saturated rings. The van der Waals surface area contributed by atoms with Crippen LogP contribution in [-0.4, -0.2) is 44.5 Å². The second-order valence-corrected chi connectivity index (χ2v) is 9.16. The molecule has 0 N–H and O–H groups in total. The van der Waals surface area contributed by atoms with Crippen molar-refractivity contribution in [3.63, 3.8) is 0 Å². The third kappa shape index (κ3) is 3.52. The zero-order valence-electron chi connectivity index (χ0n) is 15.6. The fourth-order valence-electron chi connectivity index (χ4n) is 3.84. The van der Waals surface area contributed by atoms with Crippen molar-refractivity contribution in [3.05, 3.63) is 30.1 Å². The minimum Gasteiger partial charge on any atom is -0.290 e. The van der Waals surface area contributed by atoms with Crippen LogP contribution in [0.1, 0.15) is 67.1 Å². The Morgan fingerprint density at radius 3 is 2.14 bits per heavy atom. The van der Waals surface area contributed by atoms with Crippen molar-refractivity contribution >= 4 is 0 Å². The fraction of sp³-hybridized carbons (Fsp3) is 0.737. The molecule has 0 bridgehead atoms. The summed E-state index contributed by atoms with van der Waals surface area (Å²) in [5.74, 6) is 0. The lowest BCUT2D eigenvalue weighted by atomic mass is 9.85. The Balaban J connectivity index is 2.43. The topological polar surface area (TPSA) is 19.4 Å². The molecule has 1 aliphatic rings. The molecule has 0 spiro atoms. The highest BCUT2D eigenvalue weighted by Gasteiger charge is 2.46. The molecule has 3 heteroatoms. The Hall–Kier alpha value is -0.930. The highest BCUT2D eigenvalue weighted by atomic mass is 15.4. The molecule has 0 amide bonds. The predicted molar refractivity (Wildman–Crippen MR) is 94.0 cm³/mol. The van der Waals surface area contributed by atoms with Crippen LogP contribution in [0.4, 0.5) is 0 Å². The van der Waals surface area contributed by atoms with Gasteiger partial charge in [-0.15, -0.1) is 0 Å². The van der Waals surface area contributed by atoms with Gasteiger partial charge in [0.2, 0.25) is 0 Å². The summed E-state index contributed by atoms with van der Waals surface area (Å²) in [5, 5.41) is 0. The van der Waals surface area contributed by atoms with Gasteiger partial charge in [-0.05, 0) is 67.5 Å². The highest BCUT2D eigenvalue weighted by molar-refractivity contribution is 5.14. The van der Waals surface area contributed by atoms with E-state index in [4.69, 9.17) is 0 Å². The molecule has 1 saturated heterocycles. The second kappa shape index (κ2) is 5.61. The lowest BCUT2D eigenvalue weighted by Gasteiger charge is -2.58. The summed E-state index contributed by atoms with van der Waals surface area (Å²) < 4.78 is 0. The van der Waals surface area contributed by atoms with E-state index in [1.54, 1.807) is 0 Å². The van der Waals surface area contributed by atoms with Crippen LogP contribution in [0.3, 0.4) is 0 Å². The fourth-order valence-corrected chi connectivity index (χ4v) is 3.84. The first kappa shape index (κ1) is 17.4. The van der Waals surface area contributed by atoms with Gasteiger partial charge in [0.25, 0.3) is 0 Å². The summed E-state index contributed by atoms with van der Waals surface area (Å²) in [6, 6.07) is 6.61. The SMILES string of the molecule is CC(C)(C)N1CC(C)(C)N(C(C)(C)C)CC1c1ccccn1. The van der Waals surface area contributed by atoms with Crippen LogP contribution in [0.25, 0.3) is 0 Å². The minimum absolute atomic E-state index is 0.128. The molecule has 2 rings (SSSR count). The van der Waals surface area contributed by atoms with Crippen LogP contribution in [0.2, 0.25) is 0 Å². The molecule has 1 atom stereocenters. The van der Waals surface area contributed by atoms with Gasteiger partial charge in [0.1, 0.15) is 0 Å². The average molecular weight is 303 g/mol. The molecule has 1 unspecified atom stereocenters. The lowest BCUT2D eigenvalue weighted by Crippen LogP contribution is -2.67. The average Bonchev–Trinajstić information content (AvgIpc) is 2.36. The molecule has 1 aliphatic heterocycles. The Morgan fingerprint density at radius 2 is 1.68 bits per heavy atom. The van der Waals surface area contributed by atoms with Crippen molar-refractivity contribution in [2.45, 2.75) is 78.0 Å². The number of hydrogen-bond donors (Lipinski definition) is 0. The number of rotatable bonds is 1. The van der Waals surface area contributed by atoms with Crippen LogP contribution in [-0.2, 0) is 0 Å². The van der Waals surface area contributed by atoms with E-state index < -0.39 is 0 Å². The first-order valence-electron chi connectivity index (χ1n) is 8.38. The van der Waals surface area contributed by atoms with Gasteiger partial charge in [-0.2, -0.15) is 0 Å². The molecule has 0 saturated carbocycles. The van der Waals surface area contributed by atoms with Crippen LogP contribution in [0, 0.1) is 0 Å². The van der Waals surface area contributed by atoms with Crippen molar-refractivity contribution in [2.75, 3.05) is 13.1 Å². The Kier molecular flexibility index (Phi) is 4.44. The summed E-state index contributed by atoms with van der Waals surface area (Å²) in [7, 11) is 0. The third-order valence-electron chi connectivity index (χ3n) is 4.72. The molecular formula is C19H33N3. The van der Waals surface area contributed by atoms with E-state index in [1.807, 2.05) is 12.3 Å². The molecule has 22 heavy (non-hydrogen) atoms. The van der Waals surface area contributed by atoms with Gasteiger partial charge in [0.05, 0.1) is 11.7 Å². The standard InChI is InChI=1S/C19H33N3/c1-17(2,3)21-14-19(7,8)22(18(4,5)6)13-16(21)15-11-9-10-12-20-15/h9-12,16H,13-14H2,1-8H3. The van der Waals surface area contributed by atoms with Gasteiger partial charge in [0.15, 0.2) is 0 Å². The largest absolute Gasteiger partial charge is 0.290 e. The van der Waals surface area contributed by atoms with Crippen LogP contribution >= 0.6 is 0 Å². The Morgan fingerprint density at radius 1 is 1.05 bits per heavy atom. The van der Waals surface area contributed by atoms with E-state index >= 15 is 0 Å². The summed E-state index contributed by atoms with van der Waals surface area (Å²) in [6.45, 7) is 20.7. The van der Waals surface area contributed by atoms with Gasteiger partial charge in [0, 0.05) is 35.9 Å². The quantitative estimate of drug-likeness (QED) is 0.778. The first-order valence-corrected chi connectivity index (χ1v) is 8.38. The lowest BCUT2D eigenvalue weighted by molar-refractivity contribution is -0.0970. The van der Waals surface area contributed by atoms with E-state index in [0.29, 0.717) is 6.04 Å². The molecule has 0 radical (unpaired) electrons. The normalized spacial score (nSPS) is 24.5.